The summed E-state index contributed by atoms with van der Waals surface area (Å²) < 4.78 is 64.3. The summed E-state index contributed by atoms with van der Waals surface area (Å²) in [6.07, 6.45) is -27.8. The van der Waals surface area contributed by atoms with E-state index in [9.17, 15) is 139 Å². The minimum absolute atomic E-state index is 0. The fourth-order valence-corrected chi connectivity index (χ4v) is 14.7. The Bertz CT molecular complexity index is 3800. The van der Waals surface area contributed by atoms with Crippen molar-refractivity contribution in [2.24, 2.45) is 34.5 Å². The first-order chi connectivity index (χ1) is 56.3. The molecule has 42 nitrogen and oxygen atoms in total. The van der Waals surface area contributed by atoms with Gasteiger partial charge in [0.05, 0.1) is 111 Å². The minimum Gasteiger partial charge on any atom is -0.545 e. The number of fused-ring (bicyclic) bond motifs is 1. The van der Waals surface area contributed by atoms with Gasteiger partial charge in [-0.05, 0) is 73.1 Å². The van der Waals surface area contributed by atoms with Gasteiger partial charge in [0.2, 0.25) is 17.4 Å². The molecule has 4 fully saturated rings. The molecule has 24 atom stereocenters. The van der Waals surface area contributed by atoms with Crippen LogP contribution < -0.4 is 149 Å². The van der Waals surface area contributed by atoms with E-state index in [1.807, 2.05) is 41.5 Å². The Labute approximate surface area is 828 Å². The number of aliphatic hydroxyl groups is 16. The van der Waals surface area contributed by atoms with E-state index in [-0.39, 0.29) is 197 Å². The average molecular weight is 1880 g/mol. The number of amides is 1. The van der Waals surface area contributed by atoms with Crippen LogP contribution in [0.3, 0.4) is 0 Å². The number of aliphatic carboxylic acids is 4. The van der Waals surface area contributed by atoms with Crippen molar-refractivity contribution in [1.82, 2.24) is 35.3 Å². The maximum Gasteiger partial charge on any atom is 1.00 e. The van der Waals surface area contributed by atoms with Gasteiger partial charge in [0.15, 0.2) is 11.4 Å². The van der Waals surface area contributed by atoms with Crippen molar-refractivity contribution in [2.75, 3.05) is 38.8 Å². The molecule has 708 valence electrons. The van der Waals surface area contributed by atoms with E-state index in [0.29, 0.717) is 28.7 Å². The predicted molar refractivity (Wildman–Crippen MR) is 412 cm³/mol. The van der Waals surface area contributed by atoms with Gasteiger partial charge in [-0.3, -0.25) is 4.79 Å². The molecule has 7 rings (SSSR count). The molecule has 1 aliphatic carbocycles. The third-order valence-electron chi connectivity index (χ3n) is 20.2. The number of alkyl halides is 2. The number of carbonyl (C=O) groups excluding carboxylic acids is 9. The number of ether oxygens (including phenoxy) is 6. The molecule has 5 aliphatic rings. The molecular formula is C78H127F2N7Na4O35S. The quantitative estimate of drug-likeness (QED) is 0.0239. The first-order valence-corrected chi connectivity index (χ1v) is 41.0. The number of nitrogens with one attached hydrogen (secondary N) is 1. The SMILES string of the molecule is CC(=O)CC1C(O)CC(C(=O)[O-])(n2nnc3c2CCCCCC3(F)F)OC1C(O)C(O)CO.CC(=O)CC1C(O)CC(NC(=O)C(C)(C)C)(C(=O)[O-])OC1C(O)C(O)CO.CC(=O)CC1C(O)CC(OCCSC(C)(C)C)(C(=O)[O-])OC1C(O)C(O)CO.CC(=O)CC1C(O)CC(Oc2cn(C(C)(C)C)nn2)(C(=O)[O-])OC1C(O)C(O)CO.CC(C)(C)C.[Na+].[Na+].[Na+].[Na+]. The van der Waals surface area contributed by atoms with Gasteiger partial charge in [-0.25, -0.2) is 9.36 Å². The number of ketones is 4. The van der Waals surface area contributed by atoms with Gasteiger partial charge in [0.25, 0.3) is 17.6 Å². The smallest absolute Gasteiger partial charge is 0.545 e. The topological polar surface area (TPSA) is 698 Å². The Hall–Kier alpha value is -2.52. The molecule has 2 aromatic heterocycles. The fraction of sp³-hybridized carbons (Fsp3) is 0.833. The number of Topliss-reactive ketones (excluding diaryl/α,β-unsaturated/α-hetero) is 4. The van der Waals surface area contributed by atoms with Crippen molar-refractivity contribution in [3.05, 3.63) is 17.6 Å². The monoisotopic (exact) mass is 1880 g/mol. The van der Waals surface area contributed by atoms with E-state index < -0.39 is 261 Å². The van der Waals surface area contributed by atoms with Crippen LogP contribution in [0.4, 0.5) is 8.78 Å². The second-order valence-corrected chi connectivity index (χ2v) is 38.2. The molecule has 0 bridgehead atoms. The molecule has 0 radical (unpaired) electrons. The maximum atomic E-state index is 14.7. The van der Waals surface area contributed by atoms with Crippen LogP contribution in [-0.4, -0.2) is 323 Å². The summed E-state index contributed by atoms with van der Waals surface area (Å²) in [6, 6.07) is 0. The molecule has 127 heavy (non-hydrogen) atoms. The fourth-order valence-electron chi connectivity index (χ4n) is 13.9. The van der Waals surface area contributed by atoms with Gasteiger partial charge in [0.1, 0.15) is 83.9 Å². The van der Waals surface area contributed by atoms with Gasteiger partial charge < -0.3 is 174 Å². The molecule has 6 heterocycles. The molecule has 4 saturated heterocycles. The number of hydrogen-bond donors (Lipinski definition) is 17. The molecular weight excluding hydrogens is 1760 g/mol. The van der Waals surface area contributed by atoms with Crippen molar-refractivity contribution in [3.63, 3.8) is 0 Å². The Morgan fingerprint density at radius 2 is 0.890 bits per heavy atom. The first kappa shape index (κ1) is 127. The normalized spacial score (nSPS) is 29.0. The molecule has 1 amide bonds. The van der Waals surface area contributed by atoms with E-state index in [1.165, 1.54) is 71.1 Å². The number of hydrogen-bond acceptors (Lipinski definition) is 40. The predicted octanol–water partition coefficient (Wildman–Crippen LogP) is -18.8. The summed E-state index contributed by atoms with van der Waals surface area (Å²) in [5.74, 6) is -21.8. The summed E-state index contributed by atoms with van der Waals surface area (Å²) in [4.78, 5) is 107. The van der Waals surface area contributed by atoms with E-state index in [4.69, 9.17) is 43.7 Å². The van der Waals surface area contributed by atoms with Crippen LogP contribution in [0.1, 0.15) is 206 Å². The summed E-state index contributed by atoms with van der Waals surface area (Å²) in [5, 5.41) is 225. The molecule has 2 aromatic rings. The third kappa shape index (κ3) is 36.5. The van der Waals surface area contributed by atoms with Crippen LogP contribution in [0.15, 0.2) is 6.20 Å². The number of nitrogens with zero attached hydrogens (tertiary/aromatic N) is 6. The van der Waals surface area contributed by atoms with Crippen LogP contribution >= 0.6 is 11.8 Å². The number of aromatic nitrogens is 6. The Kier molecular flexibility index (Phi) is 53.6. The zero-order chi connectivity index (χ0) is 94.8. The molecule has 49 heteroatoms. The van der Waals surface area contributed by atoms with Crippen LogP contribution in [0, 0.1) is 34.5 Å². The molecule has 4 aliphatic heterocycles. The van der Waals surface area contributed by atoms with E-state index in [0.717, 1.165) is 0 Å². The van der Waals surface area contributed by atoms with E-state index in [2.05, 4.69) is 53.6 Å². The van der Waals surface area contributed by atoms with Crippen molar-refractivity contribution in [1.29, 1.82) is 0 Å². The molecule has 17 N–H and O–H groups in total. The van der Waals surface area contributed by atoms with Crippen LogP contribution in [0.5, 0.6) is 5.88 Å². The van der Waals surface area contributed by atoms with Gasteiger partial charge >= 0.3 is 118 Å². The average Bonchev–Trinajstić information content (AvgIpc) is 1.65. The molecule has 0 aromatic carbocycles. The number of carbonyl (C=O) groups is 9. The molecule has 24 unspecified atom stereocenters. The second kappa shape index (κ2) is 53.8. The number of rotatable bonds is 32. The first-order valence-electron chi connectivity index (χ1n) is 40.0. The zero-order valence-electron chi connectivity index (χ0n) is 76.3. The van der Waals surface area contributed by atoms with Crippen LogP contribution in [0.2, 0.25) is 0 Å². The Morgan fingerprint density at radius 3 is 1.24 bits per heavy atom. The van der Waals surface area contributed by atoms with Gasteiger partial charge in [-0.1, -0.05) is 91.2 Å². The maximum absolute atomic E-state index is 14.7. The van der Waals surface area contributed by atoms with Crippen LogP contribution in [0.25, 0.3) is 0 Å². The largest absolute Gasteiger partial charge is 1.00 e. The summed E-state index contributed by atoms with van der Waals surface area (Å²) in [5.41, 5.74) is -6.99. The molecule has 0 saturated carbocycles. The van der Waals surface area contributed by atoms with Crippen molar-refractivity contribution < 1.29 is 301 Å². The van der Waals surface area contributed by atoms with Crippen molar-refractivity contribution >= 4 is 64.7 Å². The number of carboxylic acid groups (broad SMARTS) is 4. The number of aliphatic hydroxyl groups excluding tert-OH is 16. The Morgan fingerprint density at radius 1 is 0.520 bits per heavy atom. The van der Waals surface area contributed by atoms with Crippen molar-refractivity contribution in [3.8, 4) is 5.88 Å². The number of halogens is 2. The summed E-state index contributed by atoms with van der Waals surface area (Å²) in [7, 11) is 0. The van der Waals surface area contributed by atoms with Crippen LogP contribution in [-0.2, 0) is 90.4 Å². The molecule has 0 spiro atoms. The van der Waals surface area contributed by atoms with Crippen molar-refractivity contribution in [2.45, 2.75) is 338 Å². The summed E-state index contributed by atoms with van der Waals surface area (Å²) in [6.45, 7) is 26.3. The second-order valence-electron chi connectivity index (χ2n) is 36.3. The van der Waals surface area contributed by atoms with Gasteiger partial charge in [-0.2, -0.15) is 20.5 Å². The van der Waals surface area contributed by atoms with E-state index >= 15 is 0 Å². The summed E-state index contributed by atoms with van der Waals surface area (Å²) >= 11 is 1.53. The zero-order valence-corrected chi connectivity index (χ0v) is 85.1. The van der Waals surface area contributed by atoms with Gasteiger partial charge in [0, 0.05) is 97.4 Å². The van der Waals surface area contributed by atoms with E-state index in [1.54, 1.807) is 0 Å². The standard InChI is InChI=1S/C20H29F2N3O8.C18H29N3O9.C18H32O9S.C17H29NO9.C5H12.4Na/c1-10(27)7-11-13(28)8-20(18(31)32,33-16(11)15(30)14(29)9-26)25-12-5-3-2-4-6-19(21,22)17(12)23-24-25;1-9(23)5-10-11(24)6-18(16(27)28,30-15(10)14(26)12(25)8-22)29-13-7-21(20-19-13)17(2,3)4;1-10(20)7-11-12(21)8-18(16(24)25,26-5-6-28-17(2,3)4)27-15(11)14(23)13(22)9-19;1-8(20)5-9-10(21)6-17(15(25)26,18-14(24)16(2,3)4)27-13(9)12(23)11(22)7-19;1-5(2,3)4;;;;/h11,13-16,26,28-30H,2-9H2,1H3,(H,31,32);7,10-12,14-15,22,24-26H,5-6,8H2,1-4H3,(H,27,28);11-15,19,21-23H,5-9H2,1-4H3,(H,24,25);9-13,19,21-23H,5-7H2,1-4H3,(H,18,24)(H,25,26);1-4H3;;;;/q;;;;;4*+1/p-4. The Balaban J connectivity index is 0. The number of carboxylic acids is 4. The minimum atomic E-state index is -3.36. The third-order valence-corrected chi connectivity index (χ3v) is 21.4. The van der Waals surface area contributed by atoms with Gasteiger partial charge in [-0.15, -0.1) is 5.10 Å². The number of thioether (sulfide) groups is 1.